The summed E-state index contributed by atoms with van der Waals surface area (Å²) >= 11 is 0. The molecule has 0 saturated carbocycles. The quantitative estimate of drug-likeness (QED) is 0.804. The maximum absolute atomic E-state index is 12.7. The van der Waals surface area contributed by atoms with E-state index in [-0.39, 0.29) is 18.1 Å². The second-order valence-corrected chi connectivity index (χ2v) is 6.69. The molecular weight excluding hydrogens is 360 g/mol. The Balaban J connectivity index is 1.82. The van der Waals surface area contributed by atoms with Gasteiger partial charge in [0.15, 0.2) is 5.76 Å². The zero-order chi connectivity index (χ0) is 19.7. The summed E-state index contributed by atoms with van der Waals surface area (Å²) in [5.74, 6) is -1.67. The molecule has 0 bridgehead atoms. The molecule has 1 atom stereocenters. The van der Waals surface area contributed by atoms with Gasteiger partial charge in [0.05, 0.1) is 7.11 Å². The summed E-state index contributed by atoms with van der Waals surface area (Å²) in [5.41, 5.74) is 3.08. The van der Waals surface area contributed by atoms with E-state index < -0.39 is 11.8 Å². The summed E-state index contributed by atoms with van der Waals surface area (Å²) < 4.78 is 21.2. The molecular formula is C22H20O6. The van der Waals surface area contributed by atoms with Crippen molar-refractivity contribution in [2.45, 2.75) is 19.1 Å². The number of carbonyl (C=O) groups excluding carboxylic acids is 1. The number of aryl methyl sites for hydroxylation is 1. The zero-order valence-corrected chi connectivity index (χ0v) is 15.6. The number of rotatable bonds is 5. The van der Waals surface area contributed by atoms with Crippen LogP contribution in [0.15, 0.2) is 71.7 Å². The Morgan fingerprint density at radius 1 is 1.11 bits per heavy atom. The van der Waals surface area contributed by atoms with Gasteiger partial charge in [-0.25, -0.2) is 4.79 Å². The van der Waals surface area contributed by atoms with Gasteiger partial charge >= 0.3 is 5.97 Å². The van der Waals surface area contributed by atoms with Gasteiger partial charge in [-0.15, -0.1) is 0 Å². The number of methoxy groups -OCH3 is 1. The van der Waals surface area contributed by atoms with Crippen LogP contribution < -0.4 is 4.74 Å². The first-order chi connectivity index (χ1) is 13.5. The number of hydrogen-bond acceptors (Lipinski definition) is 6. The number of aliphatic hydroxyl groups is 1. The molecule has 144 valence electrons. The molecule has 2 heterocycles. The standard InChI is InChI=1S/C22H20O6/c1-14-3-5-15(6-4-14)11-18-20(19-12-26-13-27-19)21(23)28-22(18,24)16-7-9-17(25-2)10-8-16/h3-10,12,24H,11,13H2,1-2H3. The van der Waals surface area contributed by atoms with Gasteiger partial charge in [0.25, 0.3) is 5.79 Å². The van der Waals surface area contributed by atoms with E-state index in [1.807, 2.05) is 31.2 Å². The molecule has 4 rings (SSSR count). The normalized spacial score (nSPS) is 21.1. The first-order valence-electron chi connectivity index (χ1n) is 8.85. The highest BCUT2D eigenvalue weighted by Crippen LogP contribution is 2.44. The molecule has 0 saturated heterocycles. The number of esters is 1. The van der Waals surface area contributed by atoms with E-state index in [0.29, 0.717) is 23.3 Å². The van der Waals surface area contributed by atoms with Crippen molar-refractivity contribution < 1.29 is 28.8 Å². The van der Waals surface area contributed by atoms with Crippen LogP contribution in [-0.4, -0.2) is 25.0 Å². The van der Waals surface area contributed by atoms with Crippen LogP contribution in [-0.2, 0) is 31.2 Å². The highest BCUT2D eigenvalue weighted by molar-refractivity contribution is 5.97. The summed E-state index contributed by atoms with van der Waals surface area (Å²) in [7, 11) is 1.56. The van der Waals surface area contributed by atoms with Crippen molar-refractivity contribution in [1.82, 2.24) is 0 Å². The SMILES string of the molecule is COc1ccc(C2(O)OC(=O)C(C3=COCO3)=C2Cc2ccc(C)cc2)cc1. The van der Waals surface area contributed by atoms with Crippen molar-refractivity contribution >= 4 is 5.97 Å². The van der Waals surface area contributed by atoms with Crippen molar-refractivity contribution in [3.63, 3.8) is 0 Å². The number of ether oxygens (including phenoxy) is 4. The van der Waals surface area contributed by atoms with Crippen LogP contribution in [0.1, 0.15) is 16.7 Å². The van der Waals surface area contributed by atoms with Crippen LogP contribution in [0.5, 0.6) is 5.75 Å². The minimum Gasteiger partial charge on any atom is -0.497 e. The third kappa shape index (κ3) is 3.12. The van der Waals surface area contributed by atoms with Gasteiger partial charge in [-0.3, -0.25) is 0 Å². The summed E-state index contributed by atoms with van der Waals surface area (Å²) in [6, 6.07) is 14.6. The van der Waals surface area contributed by atoms with Gasteiger partial charge in [-0.2, -0.15) is 0 Å². The molecule has 1 N–H and O–H groups in total. The molecule has 2 aliphatic rings. The Labute approximate surface area is 162 Å². The van der Waals surface area contributed by atoms with Gasteiger partial charge in [0.1, 0.15) is 17.6 Å². The largest absolute Gasteiger partial charge is 0.497 e. The van der Waals surface area contributed by atoms with Crippen molar-refractivity contribution in [3.8, 4) is 5.75 Å². The molecule has 2 aromatic rings. The lowest BCUT2D eigenvalue weighted by molar-refractivity contribution is -0.186. The number of hydrogen-bond donors (Lipinski definition) is 1. The van der Waals surface area contributed by atoms with E-state index in [2.05, 4.69) is 0 Å². The smallest absolute Gasteiger partial charge is 0.345 e. The van der Waals surface area contributed by atoms with E-state index in [9.17, 15) is 9.90 Å². The highest BCUT2D eigenvalue weighted by atomic mass is 16.7. The number of carbonyl (C=O) groups is 1. The molecule has 1 unspecified atom stereocenters. The molecule has 0 aromatic heterocycles. The molecule has 0 aliphatic carbocycles. The topological polar surface area (TPSA) is 74.2 Å². The Kier molecular flexibility index (Phi) is 4.57. The zero-order valence-electron chi connectivity index (χ0n) is 15.6. The third-order valence-electron chi connectivity index (χ3n) is 4.86. The van der Waals surface area contributed by atoms with Gasteiger partial charge in [-0.05, 0) is 36.8 Å². The van der Waals surface area contributed by atoms with Crippen LogP contribution in [0.4, 0.5) is 0 Å². The average molecular weight is 380 g/mol. The second-order valence-electron chi connectivity index (χ2n) is 6.69. The second kappa shape index (κ2) is 7.05. The number of cyclic esters (lactones) is 1. The Hall–Kier alpha value is -3.25. The van der Waals surface area contributed by atoms with Gasteiger partial charge < -0.3 is 24.1 Å². The van der Waals surface area contributed by atoms with E-state index in [4.69, 9.17) is 18.9 Å². The monoisotopic (exact) mass is 380 g/mol. The fraction of sp³-hybridized carbons (Fsp3) is 0.227. The molecule has 2 aliphatic heterocycles. The predicted molar refractivity (Wildman–Crippen MR) is 100 cm³/mol. The Bertz CT molecular complexity index is 956. The molecule has 6 nitrogen and oxygen atoms in total. The molecule has 2 aromatic carbocycles. The van der Waals surface area contributed by atoms with Gasteiger partial charge in [0.2, 0.25) is 6.79 Å². The lowest BCUT2D eigenvalue weighted by Gasteiger charge is -2.26. The first kappa shape index (κ1) is 18.1. The van der Waals surface area contributed by atoms with Crippen molar-refractivity contribution in [1.29, 1.82) is 0 Å². The number of benzene rings is 2. The maximum Gasteiger partial charge on any atom is 0.345 e. The van der Waals surface area contributed by atoms with Crippen molar-refractivity contribution in [3.05, 3.63) is 88.4 Å². The van der Waals surface area contributed by atoms with Crippen LogP contribution in [0.25, 0.3) is 0 Å². The Morgan fingerprint density at radius 2 is 1.82 bits per heavy atom. The molecule has 0 radical (unpaired) electrons. The van der Waals surface area contributed by atoms with Crippen molar-refractivity contribution in [2.75, 3.05) is 13.9 Å². The van der Waals surface area contributed by atoms with Gasteiger partial charge in [0, 0.05) is 17.6 Å². The van der Waals surface area contributed by atoms with E-state index >= 15 is 0 Å². The summed E-state index contributed by atoms with van der Waals surface area (Å²) in [6.07, 6.45) is 1.68. The minimum absolute atomic E-state index is 0.0187. The van der Waals surface area contributed by atoms with Gasteiger partial charge in [-0.1, -0.05) is 29.8 Å². The fourth-order valence-electron chi connectivity index (χ4n) is 3.33. The maximum atomic E-state index is 12.7. The van der Waals surface area contributed by atoms with Crippen molar-refractivity contribution in [2.24, 2.45) is 0 Å². The molecule has 0 spiro atoms. The fourth-order valence-corrected chi connectivity index (χ4v) is 3.33. The summed E-state index contributed by atoms with van der Waals surface area (Å²) in [6.45, 7) is 2.02. The predicted octanol–water partition coefficient (Wildman–Crippen LogP) is 3.09. The lowest BCUT2D eigenvalue weighted by Crippen LogP contribution is -2.29. The van der Waals surface area contributed by atoms with E-state index in [1.54, 1.807) is 31.4 Å². The average Bonchev–Trinajstić information content (AvgIpc) is 3.31. The molecule has 0 amide bonds. The molecule has 0 fully saturated rings. The van der Waals surface area contributed by atoms with Crippen LogP contribution in [0, 0.1) is 6.92 Å². The Morgan fingerprint density at radius 3 is 2.43 bits per heavy atom. The lowest BCUT2D eigenvalue weighted by atomic mass is 9.89. The minimum atomic E-state index is -1.91. The van der Waals surface area contributed by atoms with Crippen LogP contribution in [0.3, 0.4) is 0 Å². The molecule has 28 heavy (non-hydrogen) atoms. The highest BCUT2D eigenvalue weighted by Gasteiger charge is 2.49. The first-order valence-corrected chi connectivity index (χ1v) is 8.85. The van der Waals surface area contributed by atoms with E-state index in [1.165, 1.54) is 6.26 Å². The summed E-state index contributed by atoms with van der Waals surface area (Å²) in [5, 5.41) is 11.4. The molecule has 6 heteroatoms. The van der Waals surface area contributed by atoms with Crippen LogP contribution in [0.2, 0.25) is 0 Å². The third-order valence-corrected chi connectivity index (χ3v) is 4.86. The van der Waals surface area contributed by atoms with Crippen LogP contribution >= 0.6 is 0 Å². The summed E-state index contributed by atoms with van der Waals surface area (Å²) in [4.78, 5) is 12.7. The van der Waals surface area contributed by atoms with E-state index in [0.717, 1.165) is 11.1 Å².